The lowest BCUT2D eigenvalue weighted by Gasteiger charge is -2.18. The van der Waals surface area contributed by atoms with Gasteiger partial charge in [0.1, 0.15) is 6.61 Å². The summed E-state index contributed by atoms with van der Waals surface area (Å²) >= 11 is 0. The fourth-order valence-corrected chi connectivity index (χ4v) is 7.32. The molecule has 0 spiro atoms. The molecule has 0 aliphatic carbocycles. The van der Waals surface area contributed by atoms with Gasteiger partial charge in [0.15, 0.2) is 6.10 Å². The molecule has 0 aromatic carbocycles. The van der Waals surface area contributed by atoms with E-state index >= 15 is 0 Å². The van der Waals surface area contributed by atoms with Crippen molar-refractivity contribution in [1.82, 2.24) is 0 Å². The Bertz CT molecular complexity index is 1310. The first-order valence-electron chi connectivity index (χ1n) is 27.4. The highest BCUT2D eigenvalue weighted by Crippen LogP contribution is 2.15. The number of ether oxygens (including phenoxy) is 3. The maximum atomic E-state index is 12.8. The molecule has 66 heavy (non-hydrogen) atoms. The topological polar surface area (TPSA) is 61.8 Å². The average Bonchev–Trinajstić information content (AvgIpc) is 3.32. The van der Waals surface area contributed by atoms with E-state index in [-0.39, 0.29) is 31.6 Å². The van der Waals surface area contributed by atoms with Gasteiger partial charge in [-0.2, -0.15) is 0 Å². The number of esters is 2. The molecule has 5 nitrogen and oxygen atoms in total. The van der Waals surface area contributed by atoms with Crippen molar-refractivity contribution in [2.75, 3.05) is 19.8 Å². The molecule has 0 fully saturated rings. The van der Waals surface area contributed by atoms with Crippen molar-refractivity contribution in [3.63, 3.8) is 0 Å². The Kier molecular flexibility index (Phi) is 53.0. The highest BCUT2D eigenvalue weighted by molar-refractivity contribution is 5.70. The third kappa shape index (κ3) is 53.2. The number of carbonyl (C=O) groups is 2. The Labute approximate surface area is 408 Å². The largest absolute Gasteiger partial charge is 0.462 e. The number of hydrogen-bond donors (Lipinski definition) is 0. The third-order valence-corrected chi connectivity index (χ3v) is 11.3. The Balaban J connectivity index is 4.38. The Morgan fingerprint density at radius 3 is 1.09 bits per heavy atom. The maximum Gasteiger partial charge on any atom is 0.306 e. The lowest BCUT2D eigenvalue weighted by atomic mass is 10.0. The van der Waals surface area contributed by atoms with Crippen LogP contribution in [0.2, 0.25) is 0 Å². The van der Waals surface area contributed by atoms with Crippen LogP contribution in [0.1, 0.15) is 239 Å². The van der Waals surface area contributed by atoms with Crippen molar-refractivity contribution >= 4 is 11.9 Å². The number of carbonyl (C=O) groups excluding carboxylic acids is 2. The smallest absolute Gasteiger partial charge is 0.306 e. The van der Waals surface area contributed by atoms with Crippen LogP contribution in [0.25, 0.3) is 0 Å². The summed E-state index contributed by atoms with van der Waals surface area (Å²) in [5.74, 6) is -0.559. The van der Waals surface area contributed by atoms with Crippen LogP contribution in [0.4, 0.5) is 0 Å². The zero-order chi connectivity index (χ0) is 47.7. The van der Waals surface area contributed by atoms with E-state index in [1.807, 2.05) is 6.08 Å². The van der Waals surface area contributed by atoms with E-state index in [0.717, 1.165) is 83.5 Å². The molecule has 0 aliphatic heterocycles. The van der Waals surface area contributed by atoms with Crippen molar-refractivity contribution in [3.8, 4) is 0 Å². The molecule has 0 aromatic rings. The molecule has 0 aromatic heterocycles. The standard InChI is InChI=1S/C61H102O5/c1-4-7-10-13-16-19-22-25-27-29-30-31-33-35-38-41-44-47-50-53-56-64-57-59(66-61(63)55-52-49-46-43-40-36-24-21-18-15-12-9-6-3)58-65-60(62)54-51-48-45-42-39-37-34-32-28-26-23-20-17-14-11-8-5-2/h8-9,11-12,17-18,20-21,26,28,34,36-37,40,42,45-46,49,59H,4-7,10,13-16,19,22-25,27,29-33,35,38-39,41,43-44,47-48,50-58H2,1-3H3/b11-8-,12-9-,20-17-,21-18-,28-26-,37-34-,40-36-,45-42-,49-46-. The first-order chi connectivity index (χ1) is 32.6. The Hall–Kier alpha value is -3.44. The summed E-state index contributed by atoms with van der Waals surface area (Å²) in [5, 5.41) is 0. The monoisotopic (exact) mass is 915 g/mol. The van der Waals surface area contributed by atoms with Crippen LogP contribution in [-0.4, -0.2) is 37.9 Å². The summed E-state index contributed by atoms with van der Waals surface area (Å²) < 4.78 is 17.3. The summed E-state index contributed by atoms with van der Waals surface area (Å²) in [6, 6.07) is 0. The van der Waals surface area contributed by atoms with E-state index in [0.29, 0.717) is 19.4 Å². The van der Waals surface area contributed by atoms with Gasteiger partial charge in [-0.15, -0.1) is 0 Å². The fraction of sp³-hybridized carbons (Fsp3) is 0.672. The molecule has 1 unspecified atom stereocenters. The second kappa shape index (κ2) is 55.9. The normalized spacial score (nSPS) is 13.1. The minimum Gasteiger partial charge on any atom is -0.462 e. The second-order valence-corrected chi connectivity index (χ2v) is 17.7. The molecule has 0 saturated carbocycles. The lowest BCUT2D eigenvalue weighted by molar-refractivity contribution is -0.162. The van der Waals surface area contributed by atoms with Crippen molar-refractivity contribution in [3.05, 3.63) is 109 Å². The minimum atomic E-state index is -0.602. The number of unbranched alkanes of at least 4 members (excludes halogenated alkanes) is 20. The fourth-order valence-electron chi connectivity index (χ4n) is 7.32. The van der Waals surface area contributed by atoms with E-state index in [1.165, 1.54) is 116 Å². The van der Waals surface area contributed by atoms with E-state index in [9.17, 15) is 9.59 Å². The molecule has 0 aliphatic rings. The zero-order valence-corrected chi connectivity index (χ0v) is 43.2. The van der Waals surface area contributed by atoms with Gasteiger partial charge in [0.25, 0.3) is 0 Å². The van der Waals surface area contributed by atoms with Crippen LogP contribution in [0.3, 0.4) is 0 Å². The van der Waals surface area contributed by atoms with Gasteiger partial charge < -0.3 is 14.2 Å². The van der Waals surface area contributed by atoms with Crippen LogP contribution in [0.5, 0.6) is 0 Å². The highest BCUT2D eigenvalue weighted by atomic mass is 16.6. The summed E-state index contributed by atoms with van der Waals surface area (Å²) in [5.41, 5.74) is 0. The van der Waals surface area contributed by atoms with Crippen LogP contribution in [0.15, 0.2) is 109 Å². The van der Waals surface area contributed by atoms with Gasteiger partial charge in [-0.25, -0.2) is 0 Å². The van der Waals surface area contributed by atoms with Gasteiger partial charge in [0.2, 0.25) is 0 Å². The molecule has 0 N–H and O–H groups in total. The molecule has 0 radical (unpaired) electrons. The highest BCUT2D eigenvalue weighted by Gasteiger charge is 2.17. The zero-order valence-electron chi connectivity index (χ0n) is 43.2. The Morgan fingerprint density at radius 2 is 0.697 bits per heavy atom. The first-order valence-corrected chi connectivity index (χ1v) is 27.4. The van der Waals surface area contributed by atoms with E-state index in [4.69, 9.17) is 14.2 Å². The first kappa shape index (κ1) is 62.6. The van der Waals surface area contributed by atoms with Crippen LogP contribution >= 0.6 is 0 Å². The predicted octanol–water partition coefficient (Wildman–Crippen LogP) is 18.8. The summed E-state index contributed by atoms with van der Waals surface area (Å²) in [7, 11) is 0. The molecule has 0 bridgehead atoms. The second-order valence-electron chi connectivity index (χ2n) is 17.7. The predicted molar refractivity (Wildman–Crippen MR) is 288 cm³/mol. The van der Waals surface area contributed by atoms with Crippen LogP contribution < -0.4 is 0 Å². The van der Waals surface area contributed by atoms with Gasteiger partial charge >= 0.3 is 11.9 Å². The average molecular weight is 915 g/mol. The van der Waals surface area contributed by atoms with Gasteiger partial charge in [0, 0.05) is 19.4 Å². The lowest BCUT2D eigenvalue weighted by Crippen LogP contribution is -2.30. The van der Waals surface area contributed by atoms with E-state index in [2.05, 4.69) is 124 Å². The molecule has 0 heterocycles. The van der Waals surface area contributed by atoms with Crippen molar-refractivity contribution in [2.24, 2.45) is 0 Å². The molecular weight excluding hydrogens is 813 g/mol. The van der Waals surface area contributed by atoms with Crippen LogP contribution in [-0.2, 0) is 23.8 Å². The van der Waals surface area contributed by atoms with Gasteiger partial charge in [-0.3, -0.25) is 9.59 Å². The quantitative estimate of drug-likeness (QED) is 0.0346. The van der Waals surface area contributed by atoms with Crippen molar-refractivity contribution < 1.29 is 23.8 Å². The molecule has 376 valence electrons. The molecule has 0 rings (SSSR count). The minimum absolute atomic E-state index is 0.0233. The van der Waals surface area contributed by atoms with Crippen molar-refractivity contribution in [1.29, 1.82) is 0 Å². The number of allylic oxidation sites excluding steroid dienone is 18. The molecular formula is C61H102O5. The summed E-state index contributed by atoms with van der Waals surface area (Å²) in [4.78, 5) is 25.4. The van der Waals surface area contributed by atoms with Crippen molar-refractivity contribution in [2.45, 2.75) is 245 Å². The molecule has 0 amide bonds. The molecule has 0 saturated heterocycles. The summed E-state index contributed by atoms with van der Waals surface area (Å²) in [6.07, 6.45) is 77.1. The number of hydrogen-bond acceptors (Lipinski definition) is 5. The van der Waals surface area contributed by atoms with Gasteiger partial charge in [-0.05, 0) is 83.5 Å². The SMILES string of the molecule is CC/C=C\C/C=C\C/C=C\C/C=C\C/C=C\CCCC(=O)OCC(COCCCCCCCCCCCCCCCCCCCCCC)OC(=O)CC/C=C\C/C=C\C/C=C\C/C=C\CC. The van der Waals surface area contributed by atoms with E-state index in [1.54, 1.807) is 0 Å². The van der Waals surface area contributed by atoms with Gasteiger partial charge in [-0.1, -0.05) is 252 Å². The molecule has 5 heteroatoms. The third-order valence-electron chi connectivity index (χ3n) is 11.3. The van der Waals surface area contributed by atoms with Crippen LogP contribution in [0, 0.1) is 0 Å². The molecule has 1 atom stereocenters. The maximum absolute atomic E-state index is 12.8. The van der Waals surface area contributed by atoms with Gasteiger partial charge in [0.05, 0.1) is 6.61 Å². The number of rotatable bonds is 49. The van der Waals surface area contributed by atoms with E-state index < -0.39 is 6.10 Å². The Morgan fingerprint density at radius 1 is 0.348 bits per heavy atom. The summed E-state index contributed by atoms with van der Waals surface area (Å²) in [6.45, 7) is 7.47.